The third-order valence-corrected chi connectivity index (χ3v) is 4.66. The van der Waals surface area contributed by atoms with Gasteiger partial charge in [-0.1, -0.05) is 6.92 Å². The Kier molecular flexibility index (Phi) is 6.20. The van der Waals surface area contributed by atoms with Crippen LogP contribution in [0.4, 0.5) is 17.2 Å². The Balaban J connectivity index is 1.70. The van der Waals surface area contributed by atoms with E-state index in [0.29, 0.717) is 22.9 Å². The molecule has 1 fully saturated rings. The van der Waals surface area contributed by atoms with Gasteiger partial charge in [0.05, 0.1) is 0 Å². The molecule has 8 heteroatoms. The van der Waals surface area contributed by atoms with Crippen molar-refractivity contribution in [3.63, 3.8) is 0 Å². The summed E-state index contributed by atoms with van der Waals surface area (Å²) in [5, 5.41) is 5.54. The van der Waals surface area contributed by atoms with Crippen LogP contribution in [0.15, 0.2) is 30.3 Å². The van der Waals surface area contributed by atoms with E-state index in [0.717, 1.165) is 38.5 Å². The fourth-order valence-electron chi connectivity index (χ4n) is 3.16. The summed E-state index contributed by atoms with van der Waals surface area (Å²) in [5.74, 6) is 0.933. The fraction of sp³-hybridized carbons (Fsp3) is 0.400. The average molecular weight is 382 g/mol. The van der Waals surface area contributed by atoms with Crippen molar-refractivity contribution >= 4 is 29.0 Å². The van der Waals surface area contributed by atoms with E-state index in [9.17, 15) is 9.59 Å². The highest BCUT2D eigenvalue weighted by molar-refractivity contribution is 6.03. The zero-order valence-corrected chi connectivity index (χ0v) is 16.5. The Morgan fingerprint density at radius 1 is 1.00 bits per heavy atom. The molecule has 2 heterocycles. The van der Waals surface area contributed by atoms with E-state index in [4.69, 9.17) is 0 Å². The number of anilines is 3. The lowest BCUT2D eigenvalue weighted by atomic mass is 10.2. The third kappa shape index (κ3) is 5.04. The van der Waals surface area contributed by atoms with Gasteiger partial charge in [0, 0.05) is 50.5 Å². The zero-order valence-electron chi connectivity index (χ0n) is 16.5. The van der Waals surface area contributed by atoms with Crippen molar-refractivity contribution in [3.05, 3.63) is 41.9 Å². The number of piperazine rings is 1. The molecule has 1 aromatic carbocycles. The molecule has 0 spiro atoms. The Morgan fingerprint density at radius 3 is 2.18 bits per heavy atom. The molecule has 0 saturated carbocycles. The second-order valence-corrected chi connectivity index (χ2v) is 6.79. The monoisotopic (exact) mass is 382 g/mol. The van der Waals surface area contributed by atoms with Gasteiger partial charge in [0.25, 0.3) is 5.91 Å². The number of rotatable bonds is 5. The van der Waals surface area contributed by atoms with Gasteiger partial charge in [-0.15, -0.1) is 0 Å². The molecule has 1 saturated heterocycles. The highest BCUT2D eigenvalue weighted by Crippen LogP contribution is 2.18. The van der Waals surface area contributed by atoms with E-state index in [-0.39, 0.29) is 11.8 Å². The maximum Gasteiger partial charge on any atom is 0.274 e. The highest BCUT2D eigenvalue weighted by Gasteiger charge is 2.19. The molecule has 0 bridgehead atoms. The van der Waals surface area contributed by atoms with Gasteiger partial charge in [-0.3, -0.25) is 9.59 Å². The van der Waals surface area contributed by atoms with Crippen molar-refractivity contribution < 1.29 is 9.59 Å². The topological polar surface area (TPSA) is 90.5 Å². The summed E-state index contributed by atoms with van der Waals surface area (Å²) in [6.45, 7) is 10.2. The van der Waals surface area contributed by atoms with Gasteiger partial charge in [-0.2, -0.15) is 0 Å². The first-order valence-corrected chi connectivity index (χ1v) is 9.46. The molecule has 2 N–H and O–H groups in total. The molecule has 1 aromatic heterocycles. The number of aryl methyl sites for hydroxylation is 1. The lowest BCUT2D eigenvalue weighted by Gasteiger charge is -2.34. The molecule has 8 nitrogen and oxygen atoms in total. The first-order valence-electron chi connectivity index (χ1n) is 9.46. The number of benzene rings is 1. The van der Waals surface area contributed by atoms with E-state index >= 15 is 0 Å². The van der Waals surface area contributed by atoms with Gasteiger partial charge in [0.2, 0.25) is 5.91 Å². The van der Waals surface area contributed by atoms with Crippen LogP contribution < -0.4 is 15.5 Å². The molecule has 0 aliphatic carbocycles. The molecule has 28 heavy (non-hydrogen) atoms. The first kappa shape index (κ1) is 19.8. The number of carbonyl (C=O) groups is 2. The minimum absolute atomic E-state index is 0.138. The van der Waals surface area contributed by atoms with Crippen molar-refractivity contribution in [2.75, 3.05) is 48.3 Å². The predicted molar refractivity (Wildman–Crippen MR) is 110 cm³/mol. The van der Waals surface area contributed by atoms with Crippen molar-refractivity contribution in [1.82, 2.24) is 14.9 Å². The molecule has 0 atom stereocenters. The standard InChI is InChI=1S/C20H26N6O2/c1-4-25-9-11-26(12-10-25)19-13-18(21-14(2)22-19)20(28)24-17-7-5-16(6-8-17)23-15(3)27/h5-8,13H,4,9-12H2,1-3H3,(H,23,27)(H,24,28). The average Bonchev–Trinajstić information content (AvgIpc) is 2.68. The van der Waals surface area contributed by atoms with Gasteiger partial charge in [0.15, 0.2) is 0 Å². The van der Waals surface area contributed by atoms with Crippen LogP contribution in [0.3, 0.4) is 0 Å². The molecule has 3 rings (SSSR count). The lowest BCUT2D eigenvalue weighted by molar-refractivity contribution is -0.114. The summed E-state index contributed by atoms with van der Waals surface area (Å²) in [6.07, 6.45) is 0. The first-order chi connectivity index (χ1) is 13.4. The molecule has 0 unspecified atom stereocenters. The minimum Gasteiger partial charge on any atom is -0.354 e. The van der Waals surface area contributed by atoms with Crippen molar-refractivity contribution in [1.29, 1.82) is 0 Å². The number of aromatic nitrogens is 2. The highest BCUT2D eigenvalue weighted by atomic mass is 16.2. The smallest absolute Gasteiger partial charge is 0.274 e. The second kappa shape index (κ2) is 8.79. The summed E-state index contributed by atoms with van der Waals surface area (Å²) in [4.78, 5) is 37.1. The summed E-state index contributed by atoms with van der Waals surface area (Å²) < 4.78 is 0. The van der Waals surface area contributed by atoms with Crippen LogP contribution in [0, 0.1) is 6.92 Å². The van der Waals surface area contributed by atoms with Crippen molar-refractivity contribution in [2.24, 2.45) is 0 Å². The van der Waals surface area contributed by atoms with Gasteiger partial charge in [-0.05, 0) is 37.7 Å². The summed E-state index contributed by atoms with van der Waals surface area (Å²) in [7, 11) is 0. The van der Waals surface area contributed by atoms with Crippen LogP contribution in [0.2, 0.25) is 0 Å². The summed E-state index contributed by atoms with van der Waals surface area (Å²) >= 11 is 0. The van der Waals surface area contributed by atoms with Gasteiger partial charge >= 0.3 is 0 Å². The van der Waals surface area contributed by atoms with Gasteiger partial charge in [-0.25, -0.2) is 9.97 Å². The molecule has 1 aliphatic rings. The lowest BCUT2D eigenvalue weighted by Crippen LogP contribution is -2.46. The molecule has 1 aliphatic heterocycles. The van der Waals surface area contributed by atoms with Crippen LogP contribution in [0.1, 0.15) is 30.2 Å². The number of carbonyl (C=O) groups excluding carboxylic acids is 2. The molecule has 2 amide bonds. The number of nitrogens with one attached hydrogen (secondary N) is 2. The van der Waals surface area contributed by atoms with E-state index in [1.165, 1.54) is 6.92 Å². The van der Waals surface area contributed by atoms with E-state index in [1.54, 1.807) is 37.3 Å². The molecular weight excluding hydrogens is 356 g/mol. The van der Waals surface area contributed by atoms with Crippen LogP contribution in [-0.2, 0) is 4.79 Å². The molecule has 148 valence electrons. The Labute approximate surface area is 165 Å². The minimum atomic E-state index is -0.286. The van der Waals surface area contributed by atoms with Crippen LogP contribution in [-0.4, -0.2) is 59.4 Å². The number of amides is 2. The Hall–Kier alpha value is -3.00. The molecular formula is C20H26N6O2. The van der Waals surface area contributed by atoms with Crippen LogP contribution in [0.25, 0.3) is 0 Å². The van der Waals surface area contributed by atoms with E-state index in [1.807, 2.05) is 0 Å². The maximum atomic E-state index is 12.7. The number of nitrogens with zero attached hydrogens (tertiary/aromatic N) is 4. The SMILES string of the molecule is CCN1CCN(c2cc(C(=O)Nc3ccc(NC(C)=O)cc3)nc(C)n2)CC1. The fourth-order valence-corrected chi connectivity index (χ4v) is 3.16. The number of likely N-dealkylation sites (N-methyl/N-ethyl adjacent to an activating group) is 1. The number of hydrogen-bond acceptors (Lipinski definition) is 6. The van der Waals surface area contributed by atoms with Gasteiger partial charge < -0.3 is 20.4 Å². The Morgan fingerprint density at radius 2 is 1.61 bits per heavy atom. The zero-order chi connectivity index (χ0) is 20.1. The van der Waals surface area contributed by atoms with Crippen molar-refractivity contribution in [3.8, 4) is 0 Å². The molecule has 0 radical (unpaired) electrons. The van der Waals surface area contributed by atoms with Crippen LogP contribution in [0.5, 0.6) is 0 Å². The summed E-state index contributed by atoms with van der Waals surface area (Å²) in [5.41, 5.74) is 1.65. The maximum absolute atomic E-state index is 12.7. The predicted octanol–water partition coefficient (Wildman–Crippen LogP) is 2.14. The number of hydrogen-bond donors (Lipinski definition) is 2. The van der Waals surface area contributed by atoms with E-state index in [2.05, 4.69) is 37.3 Å². The normalized spacial score (nSPS) is 14.6. The third-order valence-electron chi connectivity index (χ3n) is 4.66. The van der Waals surface area contributed by atoms with Gasteiger partial charge in [0.1, 0.15) is 17.3 Å². The van der Waals surface area contributed by atoms with Crippen molar-refractivity contribution in [2.45, 2.75) is 20.8 Å². The Bertz CT molecular complexity index is 844. The second-order valence-electron chi connectivity index (χ2n) is 6.79. The summed E-state index contributed by atoms with van der Waals surface area (Å²) in [6, 6.07) is 8.70. The quantitative estimate of drug-likeness (QED) is 0.823. The largest absolute Gasteiger partial charge is 0.354 e. The van der Waals surface area contributed by atoms with E-state index < -0.39 is 0 Å². The van der Waals surface area contributed by atoms with Crippen LogP contribution >= 0.6 is 0 Å². The molecule has 2 aromatic rings.